The topological polar surface area (TPSA) is 63.3 Å². The van der Waals surface area contributed by atoms with Crippen LogP contribution in [-0.4, -0.2) is 17.6 Å². The molecule has 2 fully saturated rings. The van der Waals surface area contributed by atoms with Gasteiger partial charge in [0.25, 0.3) is 0 Å². The van der Waals surface area contributed by atoms with Crippen molar-refractivity contribution in [3.63, 3.8) is 0 Å². The average Bonchev–Trinajstić information content (AvgIpc) is 2.39. The lowest BCUT2D eigenvalue weighted by Crippen LogP contribution is -2.49. The van der Waals surface area contributed by atoms with Gasteiger partial charge in [0.2, 0.25) is 0 Å². The van der Waals surface area contributed by atoms with Crippen LogP contribution < -0.4 is 5.73 Å². The van der Waals surface area contributed by atoms with Crippen LogP contribution in [0.1, 0.15) is 32.1 Å². The van der Waals surface area contributed by atoms with Crippen molar-refractivity contribution >= 4 is 5.97 Å². The molecule has 13 heavy (non-hydrogen) atoms. The number of hydrogen-bond acceptors (Lipinski definition) is 2. The number of aliphatic carboxylic acids is 1. The van der Waals surface area contributed by atoms with E-state index in [0.29, 0.717) is 23.7 Å². The number of hydrogen-bond donors (Lipinski definition) is 2. The van der Waals surface area contributed by atoms with Gasteiger partial charge in [0, 0.05) is 6.42 Å². The Kier molecular flexibility index (Phi) is 2.06. The highest BCUT2D eigenvalue weighted by Crippen LogP contribution is 2.61. The van der Waals surface area contributed by atoms with Gasteiger partial charge in [0.15, 0.2) is 0 Å². The summed E-state index contributed by atoms with van der Waals surface area (Å²) in [7, 11) is 0. The molecule has 74 valence electrons. The van der Waals surface area contributed by atoms with E-state index < -0.39 is 5.97 Å². The summed E-state index contributed by atoms with van der Waals surface area (Å²) in [4.78, 5) is 10.6. The first kappa shape index (κ1) is 9.00. The van der Waals surface area contributed by atoms with Crippen molar-refractivity contribution in [3.05, 3.63) is 0 Å². The molecule has 0 bridgehead atoms. The van der Waals surface area contributed by atoms with Crippen molar-refractivity contribution in [3.8, 4) is 0 Å². The average molecular weight is 183 g/mol. The summed E-state index contributed by atoms with van der Waals surface area (Å²) in [5.74, 6) is 0.389. The predicted molar refractivity (Wildman–Crippen MR) is 49.2 cm³/mol. The van der Waals surface area contributed by atoms with Crippen LogP contribution in [0, 0.1) is 17.3 Å². The maximum Gasteiger partial charge on any atom is 0.303 e. The summed E-state index contributed by atoms with van der Waals surface area (Å²) in [6, 6.07) is 0. The molecular formula is C10H17NO2. The van der Waals surface area contributed by atoms with Crippen molar-refractivity contribution in [1.29, 1.82) is 0 Å². The van der Waals surface area contributed by atoms with E-state index in [-0.39, 0.29) is 0 Å². The molecule has 0 spiro atoms. The smallest absolute Gasteiger partial charge is 0.303 e. The lowest BCUT2D eigenvalue weighted by Gasteiger charge is -2.51. The van der Waals surface area contributed by atoms with Crippen molar-refractivity contribution in [2.45, 2.75) is 32.1 Å². The SMILES string of the molecule is NCC12CCCC1C(CC(=O)O)C2. The third-order valence-corrected chi connectivity index (χ3v) is 4.06. The quantitative estimate of drug-likeness (QED) is 0.691. The number of rotatable bonds is 3. The minimum Gasteiger partial charge on any atom is -0.481 e. The normalized spacial score (nSPS) is 42.5. The molecule has 0 aromatic rings. The van der Waals surface area contributed by atoms with Crippen molar-refractivity contribution in [1.82, 2.24) is 0 Å². The van der Waals surface area contributed by atoms with Gasteiger partial charge < -0.3 is 10.8 Å². The van der Waals surface area contributed by atoms with E-state index in [1.54, 1.807) is 0 Å². The van der Waals surface area contributed by atoms with Gasteiger partial charge in [0.05, 0.1) is 0 Å². The van der Waals surface area contributed by atoms with Gasteiger partial charge in [-0.3, -0.25) is 4.79 Å². The predicted octanol–water partition coefficient (Wildman–Crippen LogP) is 1.23. The number of carbonyl (C=O) groups is 1. The molecule has 2 rings (SSSR count). The maximum absolute atomic E-state index is 10.6. The fourth-order valence-corrected chi connectivity index (χ4v) is 3.43. The van der Waals surface area contributed by atoms with Crippen LogP contribution in [0.2, 0.25) is 0 Å². The first-order valence-electron chi connectivity index (χ1n) is 5.10. The van der Waals surface area contributed by atoms with Gasteiger partial charge in [-0.15, -0.1) is 0 Å². The third-order valence-electron chi connectivity index (χ3n) is 4.06. The van der Waals surface area contributed by atoms with Crippen LogP contribution in [-0.2, 0) is 4.79 Å². The molecular weight excluding hydrogens is 166 g/mol. The highest BCUT2D eigenvalue weighted by Gasteiger charge is 2.55. The molecule has 3 N–H and O–H groups in total. The number of carboxylic acid groups (broad SMARTS) is 1. The lowest BCUT2D eigenvalue weighted by molar-refractivity contribution is -0.142. The monoisotopic (exact) mass is 183 g/mol. The highest BCUT2D eigenvalue weighted by atomic mass is 16.4. The van der Waals surface area contributed by atoms with Gasteiger partial charge in [0.1, 0.15) is 0 Å². The second-order valence-electron chi connectivity index (χ2n) is 4.63. The Bertz CT molecular complexity index is 229. The summed E-state index contributed by atoms with van der Waals surface area (Å²) in [6.45, 7) is 0.758. The number of nitrogens with two attached hydrogens (primary N) is 1. The summed E-state index contributed by atoms with van der Waals surface area (Å²) in [5, 5.41) is 8.69. The largest absolute Gasteiger partial charge is 0.481 e. The molecule has 2 aliphatic rings. The van der Waals surface area contributed by atoms with Gasteiger partial charge in [-0.1, -0.05) is 6.42 Å². The highest BCUT2D eigenvalue weighted by molar-refractivity contribution is 5.67. The molecule has 0 aromatic heterocycles. The van der Waals surface area contributed by atoms with Gasteiger partial charge >= 0.3 is 5.97 Å². The molecule has 0 heterocycles. The molecule has 0 amide bonds. The van der Waals surface area contributed by atoms with Crippen LogP contribution in [0.4, 0.5) is 0 Å². The second kappa shape index (κ2) is 2.98. The summed E-state index contributed by atoms with van der Waals surface area (Å²) < 4.78 is 0. The van der Waals surface area contributed by atoms with Crippen LogP contribution in [0.15, 0.2) is 0 Å². The lowest BCUT2D eigenvalue weighted by atomic mass is 9.54. The van der Waals surface area contributed by atoms with E-state index in [2.05, 4.69) is 0 Å². The van der Waals surface area contributed by atoms with Gasteiger partial charge in [-0.25, -0.2) is 0 Å². The molecule has 3 unspecified atom stereocenters. The third kappa shape index (κ3) is 1.26. The zero-order chi connectivity index (χ0) is 9.47. The van der Waals surface area contributed by atoms with E-state index in [1.165, 1.54) is 19.3 Å². The molecule has 0 radical (unpaired) electrons. The second-order valence-corrected chi connectivity index (χ2v) is 4.63. The molecule has 2 aliphatic carbocycles. The Hall–Kier alpha value is -0.570. The molecule has 0 aliphatic heterocycles. The fourth-order valence-electron chi connectivity index (χ4n) is 3.43. The van der Waals surface area contributed by atoms with Crippen molar-refractivity contribution in [2.24, 2.45) is 23.0 Å². The first-order valence-corrected chi connectivity index (χ1v) is 5.10. The molecule has 3 nitrogen and oxygen atoms in total. The Morgan fingerprint density at radius 2 is 2.38 bits per heavy atom. The molecule has 0 saturated heterocycles. The minimum absolute atomic E-state index is 0.347. The number of carboxylic acids is 1. The van der Waals surface area contributed by atoms with Crippen molar-refractivity contribution in [2.75, 3.05) is 6.54 Å². The first-order chi connectivity index (χ1) is 6.18. The van der Waals surface area contributed by atoms with E-state index in [0.717, 1.165) is 13.0 Å². The Morgan fingerprint density at radius 1 is 1.62 bits per heavy atom. The Morgan fingerprint density at radius 3 is 3.00 bits per heavy atom. The summed E-state index contributed by atoms with van der Waals surface area (Å²) in [5.41, 5.74) is 6.10. The van der Waals surface area contributed by atoms with Crippen LogP contribution in [0.3, 0.4) is 0 Å². The Balaban J connectivity index is 1.97. The zero-order valence-electron chi connectivity index (χ0n) is 7.83. The van der Waals surface area contributed by atoms with Crippen LogP contribution in [0.5, 0.6) is 0 Å². The van der Waals surface area contributed by atoms with Crippen LogP contribution >= 0.6 is 0 Å². The molecule has 0 aromatic carbocycles. The van der Waals surface area contributed by atoms with E-state index in [1.807, 2.05) is 0 Å². The Labute approximate surface area is 78.3 Å². The summed E-state index contributed by atoms with van der Waals surface area (Å²) in [6.07, 6.45) is 5.09. The van der Waals surface area contributed by atoms with E-state index >= 15 is 0 Å². The standard InChI is InChI=1S/C10H17NO2/c11-6-10-3-1-2-8(10)7(5-10)4-9(12)13/h7-8H,1-6,11H2,(H,12,13). The maximum atomic E-state index is 10.6. The van der Waals surface area contributed by atoms with E-state index in [9.17, 15) is 4.79 Å². The molecule has 2 saturated carbocycles. The fraction of sp³-hybridized carbons (Fsp3) is 0.900. The number of fused-ring (bicyclic) bond motifs is 1. The molecule has 3 atom stereocenters. The summed E-state index contributed by atoms with van der Waals surface area (Å²) >= 11 is 0. The molecule has 3 heteroatoms. The van der Waals surface area contributed by atoms with Gasteiger partial charge in [-0.2, -0.15) is 0 Å². The van der Waals surface area contributed by atoms with Crippen LogP contribution in [0.25, 0.3) is 0 Å². The minimum atomic E-state index is -0.650. The van der Waals surface area contributed by atoms with Gasteiger partial charge in [-0.05, 0) is 43.1 Å². The van der Waals surface area contributed by atoms with E-state index in [4.69, 9.17) is 10.8 Å². The van der Waals surface area contributed by atoms with Crippen molar-refractivity contribution < 1.29 is 9.90 Å². The zero-order valence-corrected chi connectivity index (χ0v) is 7.83.